The Morgan fingerprint density at radius 2 is 1.81 bits per heavy atom. The molecule has 9 nitrogen and oxygen atoms in total. The van der Waals surface area contributed by atoms with E-state index in [1.165, 1.54) is 10.5 Å². The van der Waals surface area contributed by atoms with Crippen molar-refractivity contribution in [1.29, 1.82) is 5.41 Å². The molecule has 3 aromatic heterocycles. The number of carbonyl (C=O) groups is 1. The normalized spacial score (nSPS) is 14.3. The van der Waals surface area contributed by atoms with Gasteiger partial charge in [0.2, 0.25) is 0 Å². The Balaban J connectivity index is 1.51. The first-order valence-corrected chi connectivity index (χ1v) is 12.7. The second kappa shape index (κ2) is 10.7. The number of nitrogens with zero attached hydrogens (tertiary/aromatic N) is 4. The molecule has 9 heteroatoms. The van der Waals surface area contributed by atoms with Gasteiger partial charge in [0, 0.05) is 25.8 Å². The monoisotopic (exact) mass is 500 g/mol. The van der Waals surface area contributed by atoms with Crippen LogP contribution in [-0.4, -0.2) is 64.2 Å². The maximum Gasteiger partial charge on any atom is 0.267 e. The number of rotatable bonds is 7. The molecule has 1 aliphatic heterocycles. The molecule has 4 aromatic rings. The minimum Gasteiger partial charge on any atom is -0.379 e. The van der Waals surface area contributed by atoms with E-state index in [0.29, 0.717) is 29.8 Å². The maximum absolute atomic E-state index is 13.5. The van der Waals surface area contributed by atoms with Gasteiger partial charge in [-0.25, -0.2) is 4.98 Å². The molecule has 1 aromatic carbocycles. The number of hydrogen-bond acceptors (Lipinski definition) is 6. The van der Waals surface area contributed by atoms with Crippen molar-refractivity contribution in [2.45, 2.75) is 26.8 Å². The van der Waals surface area contributed by atoms with E-state index in [2.05, 4.69) is 10.2 Å². The number of carbonyl (C=O) groups excluding carboxylic acids is 1. The van der Waals surface area contributed by atoms with Crippen LogP contribution in [0.4, 0.5) is 0 Å². The van der Waals surface area contributed by atoms with E-state index < -0.39 is 0 Å². The Labute approximate surface area is 214 Å². The van der Waals surface area contributed by atoms with E-state index in [-0.39, 0.29) is 22.5 Å². The van der Waals surface area contributed by atoms with Crippen molar-refractivity contribution in [2.24, 2.45) is 0 Å². The van der Waals surface area contributed by atoms with Crippen LogP contribution in [0.25, 0.3) is 16.7 Å². The van der Waals surface area contributed by atoms with Crippen LogP contribution in [0.3, 0.4) is 0 Å². The molecule has 4 heterocycles. The molecule has 0 atom stereocenters. The molecule has 0 bridgehead atoms. The van der Waals surface area contributed by atoms with E-state index in [1.807, 2.05) is 44.2 Å². The summed E-state index contributed by atoms with van der Waals surface area (Å²) in [5.41, 5.74) is 3.84. The van der Waals surface area contributed by atoms with Gasteiger partial charge in [-0.05, 0) is 50.1 Å². The second-order valence-corrected chi connectivity index (χ2v) is 9.63. The number of aromatic nitrogens is 3. The van der Waals surface area contributed by atoms with Gasteiger partial charge >= 0.3 is 0 Å². The molecule has 2 N–H and O–H groups in total. The highest BCUT2D eigenvalue weighted by molar-refractivity contribution is 5.96. The highest BCUT2D eigenvalue weighted by Gasteiger charge is 2.18. The van der Waals surface area contributed by atoms with Gasteiger partial charge in [0.25, 0.3) is 11.5 Å². The smallest absolute Gasteiger partial charge is 0.267 e. The number of aryl methyl sites for hydroxylation is 2. The Kier molecular flexibility index (Phi) is 7.16. The zero-order valence-electron chi connectivity index (χ0n) is 21.3. The Morgan fingerprint density at radius 3 is 2.57 bits per heavy atom. The molecule has 192 valence electrons. The molecule has 0 saturated carbocycles. The van der Waals surface area contributed by atoms with Gasteiger partial charge < -0.3 is 14.6 Å². The first kappa shape index (κ1) is 24.9. The molecular formula is C28H32N6O3. The SMILES string of the molecule is Cc1ccc(Cn2c(=N)c(C(=O)NCCCN3CCOCC3)cc3c(=O)n4cc(C)ccc4nc32)cc1. The zero-order valence-corrected chi connectivity index (χ0v) is 21.3. The highest BCUT2D eigenvalue weighted by Crippen LogP contribution is 2.14. The Hall–Kier alpha value is -3.82. The molecule has 1 fully saturated rings. The number of fused-ring (bicyclic) bond motifs is 2. The Morgan fingerprint density at radius 1 is 1.08 bits per heavy atom. The number of pyridine rings is 2. The van der Waals surface area contributed by atoms with Crippen molar-refractivity contribution in [3.05, 3.63) is 86.8 Å². The van der Waals surface area contributed by atoms with Crippen LogP contribution in [0.15, 0.2) is 53.5 Å². The van der Waals surface area contributed by atoms with E-state index in [9.17, 15) is 9.59 Å². The van der Waals surface area contributed by atoms with Gasteiger partial charge in [-0.15, -0.1) is 0 Å². The van der Waals surface area contributed by atoms with Crippen LogP contribution < -0.4 is 16.4 Å². The topological polar surface area (TPSA) is 105 Å². The number of nitrogens with one attached hydrogen (secondary N) is 2. The third kappa shape index (κ3) is 5.33. The van der Waals surface area contributed by atoms with Gasteiger partial charge in [-0.2, -0.15) is 0 Å². The lowest BCUT2D eigenvalue weighted by molar-refractivity contribution is 0.0374. The summed E-state index contributed by atoms with van der Waals surface area (Å²) in [5, 5.41) is 12.2. The number of morpholine rings is 1. The third-order valence-corrected chi connectivity index (χ3v) is 6.80. The van der Waals surface area contributed by atoms with Crippen LogP contribution in [0.5, 0.6) is 0 Å². The van der Waals surface area contributed by atoms with Crippen LogP contribution in [0.1, 0.15) is 33.5 Å². The van der Waals surface area contributed by atoms with Gasteiger partial charge in [-0.3, -0.25) is 24.3 Å². The third-order valence-electron chi connectivity index (χ3n) is 6.80. The molecule has 5 rings (SSSR count). The predicted octanol–water partition coefficient (Wildman–Crippen LogP) is 2.25. The fourth-order valence-electron chi connectivity index (χ4n) is 4.67. The first-order valence-electron chi connectivity index (χ1n) is 12.7. The summed E-state index contributed by atoms with van der Waals surface area (Å²) >= 11 is 0. The van der Waals surface area contributed by atoms with Gasteiger partial charge in [0.15, 0.2) is 0 Å². The molecule has 1 amide bonds. The molecule has 1 saturated heterocycles. The summed E-state index contributed by atoms with van der Waals surface area (Å²) in [6, 6.07) is 13.2. The number of hydrogen-bond donors (Lipinski definition) is 2. The minimum atomic E-state index is -0.361. The number of ether oxygens (including phenoxy) is 1. The number of amides is 1. The summed E-state index contributed by atoms with van der Waals surface area (Å²) in [6.07, 6.45) is 2.54. The fraction of sp³-hybridized carbons (Fsp3) is 0.357. The first-order chi connectivity index (χ1) is 17.9. The molecular weight excluding hydrogens is 468 g/mol. The van der Waals surface area contributed by atoms with E-state index in [0.717, 1.165) is 56.0 Å². The Bertz CT molecular complexity index is 1570. The average Bonchev–Trinajstić information content (AvgIpc) is 2.90. The molecule has 0 spiro atoms. The summed E-state index contributed by atoms with van der Waals surface area (Å²) in [6.45, 7) is 8.90. The fourth-order valence-corrected chi connectivity index (χ4v) is 4.67. The summed E-state index contributed by atoms with van der Waals surface area (Å²) < 4.78 is 8.54. The van der Waals surface area contributed by atoms with Crippen molar-refractivity contribution in [1.82, 2.24) is 24.2 Å². The van der Waals surface area contributed by atoms with E-state index in [1.54, 1.807) is 16.8 Å². The molecule has 0 radical (unpaired) electrons. The molecule has 1 aliphatic rings. The molecule has 0 unspecified atom stereocenters. The summed E-state index contributed by atoms with van der Waals surface area (Å²) in [5.74, 6) is -0.361. The van der Waals surface area contributed by atoms with Crippen molar-refractivity contribution in [3.63, 3.8) is 0 Å². The van der Waals surface area contributed by atoms with Crippen LogP contribution in [0, 0.1) is 19.3 Å². The average molecular weight is 501 g/mol. The van der Waals surface area contributed by atoms with Crippen molar-refractivity contribution in [2.75, 3.05) is 39.4 Å². The number of benzene rings is 1. The van der Waals surface area contributed by atoms with Crippen molar-refractivity contribution >= 4 is 22.6 Å². The maximum atomic E-state index is 13.5. The van der Waals surface area contributed by atoms with E-state index >= 15 is 0 Å². The van der Waals surface area contributed by atoms with E-state index in [4.69, 9.17) is 15.1 Å². The lowest BCUT2D eigenvalue weighted by atomic mass is 10.1. The summed E-state index contributed by atoms with van der Waals surface area (Å²) in [4.78, 5) is 33.8. The highest BCUT2D eigenvalue weighted by atomic mass is 16.5. The van der Waals surface area contributed by atoms with Gasteiger partial charge in [0.1, 0.15) is 16.8 Å². The van der Waals surface area contributed by atoms with Crippen LogP contribution >= 0.6 is 0 Å². The molecule has 37 heavy (non-hydrogen) atoms. The molecule has 0 aliphatic carbocycles. The predicted molar refractivity (Wildman–Crippen MR) is 142 cm³/mol. The largest absolute Gasteiger partial charge is 0.379 e. The zero-order chi connectivity index (χ0) is 25.9. The van der Waals surface area contributed by atoms with Crippen LogP contribution in [0.2, 0.25) is 0 Å². The lowest BCUT2D eigenvalue weighted by Gasteiger charge is -2.26. The standard InChI is InChI=1S/C28H32N6O3/c1-19-4-7-21(8-5-19)18-34-25(29)22(27(35)30-10-3-11-32-12-14-37-15-13-32)16-23-26(34)31-24-9-6-20(2)17-33(24)28(23)36/h4-9,16-17,29H,3,10-15,18H2,1-2H3,(H,30,35). The van der Waals surface area contributed by atoms with Crippen LogP contribution in [-0.2, 0) is 11.3 Å². The minimum absolute atomic E-state index is 0.0297. The van der Waals surface area contributed by atoms with Gasteiger partial charge in [0.05, 0.1) is 30.7 Å². The van der Waals surface area contributed by atoms with Gasteiger partial charge in [-0.1, -0.05) is 35.9 Å². The lowest BCUT2D eigenvalue weighted by Crippen LogP contribution is -2.39. The quantitative estimate of drug-likeness (QED) is 0.299. The summed E-state index contributed by atoms with van der Waals surface area (Å²) in [7, 11) is 0. The van der Waals surface area contributed by atoms with Crippen molar-refractivity contribution < 1.29 is 9.53 Å². The van der Waals surface area contributed by atoms with Crippen molar-refractivity contribution in [3.8, 4) is 0 Å². The second-order valence-electron chi connectivity index (χ2n) is 9.63.